The first-order valence-corrected chi connectivity index (χ1v) is 11.4. The SMILES string of the molecule is O=C1NC(=S)N(c2ccc(Oc3ccccc3)cc2)C(=O)/C1=C/c1ccccc1-c1ccccc1. The number of para-hydroxylation sites is 1. The summed E-state index contributed by atoms with van der Waals surface area (Å²) < 4.78 is 5.83. The van der Waals surface area contributed by atoms with Crippen LogP contribution in [0.5, 0.6) is 11.5 Å². The summed E-state index contributed by atoms with van der Waals surface area (Å²) in [7, 11) is 0. The number of amides is 2. The molecule has 0 radical (unpaired) electrons. The average Bonchev–Trinajstić information content (AvgIpc) is 2.89. The Morgan fingerprint density at radius 2 is 1.31 bits per heavy atom. The van der Waals surface area contributed by atoms with Crippen molar-refractivity contribution in [3.63, 3.8) is 0 Å². The van der Waals surface area contributed by atoms with Gasteiger partial charge in [-0.05, 0) is 71.4 Å². The maximum Gasteiger partial charge on any atom is 0.270 e. The lowest BCUT2D eigenvalue weighted by molar-refractivity contribution is -0.122. The van der Waals surface area contributed by atoms with Gasteiger partial charge in [-0.1, -0.05) is 72.8 Å². The molecule has 4 aromatic rings. The number of anilines is 1. The van der Waals surface area contributed by atoms with Crippen molar-refractivity contribution in [3.05, 3.63) is 120 Å². The molecular formula is C29H20N2O3S. The van der Waals surface area contributed by atoms with Gasteiger partial charge in [-0.15, -0.1) is 0 Å². The smallest absolute Gasteiger partial charge is 0.270 e. The van der Waals surface area contributed by atoms with Gasteiger partial charge in [-0.3, -0.25) is 19.8 Å². The molecular weight excluding hydrogens is 456 g/mol. The normalized spacial score (nSPS) is 14.7. The van der Waals surface area contributed by atoms with Crippen LogP contribution in [0.25, 0.3) is 17.2 Å². The highest BCUT2D eigenvalue weighted by atomic mass is 32.1. The van der Waals surface area contributed by atoms with E-state index in [-0.39, 0.29) is 10.7 Å². The molecule has 1 fully saturated rings. The highest BCUT2D eigenvalue weighted by Crippen LogP contribution is 2.29. The van der Waals surface area contributed by atoms with Gasteiger partial charge in [0.15, 0.2) is 5.11 Å². The minimum Gasteiger partial charge on any atom is -0.457 e. The summed E-state index contributed by atoms with van der Waals surface area (Å²) in [6, 6.07) is 33.8. The van der Waals surface area contributed by atoms with Crippen molar-refractivity contribution in [2.75, 3.05) is 4.90 Å². The van der Waals surface area contributed by atoms with E-state index >= 15 is 0 Å². The van der Waals surface area contributed by atoms with Crippen molar-refractivity contribution in [2.24, 2.45) is 0 Å². The predicted molar refractivity (Wildman–Crippen MR) is 141 cm³/mol. The molecule has 0 spiro atoms. The maximum absolute atomic E-state index is 13.5. The van der Waals surface area contributed by atoms with Crippen molar-refractivity contribution in [2.45, 2.75) is 0 Å². The summed E-state index contributed by atoms with van der Waals surface area (Å²) in [6.07, 6.45) is 1.61. The largest absolute Gasteiger partial charge is 0.457 e. The third kappa shape index (κ3) is 4.74. The highest BCUT2D eigenvalue weighted by molar-refractivity contribution is 7.80. The molecule has 0 unspecified atom stereocenters. The van der Waals surface area contributed by atoms with Gasteiger partial charge in [0.1, 0.15) is 17.1 Å². The maximum atomic E-state index is 13.5. The Balaban J connectivity index is 1.45. The number of hydrogen-bond donors (Lipinski definition) is 1. The molecule has 1 N–H and O–H groups in total. The third-order valence-corrected chi connectivity index (χ3v) is 5.81. The number of hydrogen-bond acceptors (Lipinski definition) is 4. The van der Waals surface area contributed by atoms with Gasteiger partial charge in [0, 0.05) is 0 Å². The number of thiocarbonyl (C=S) groups is 1. The van der Waals surface area contributed by atoms with E-state index in [9.17, 15) is 9.59 Å². The molecule has 5 nitrogen and oxygen atoms in total. The fraction of sp³-hybridized carbons (Fsp3) is 0. The van der Waals surface area contributed by atoms with Gasteiger partial charge in [0.2, 0.25) is 0 Å². The zero-order valence-electron chi connectivity index (χ0n) is 18.5. The molecule has 35 heavy (non-hydrogen) atoms. The molecule has 6 heteroatoms. The van der Waals surface area contributed by atoms with E-state index in [0.717, 1.165) is 16.7 Å². The molecule has 1 aliphatic rings. The molecule has 1 heterocycles. The summed E-state index contributed by atoms with van der Waals surface area (Å²) in [6.45, 7) is 0. The van der Waals surface area contributed by atoms with Gasteiger partial charge in [0.25, 0.3) is 11.8 Å². The molecule has 5 rings (SSSR count). The van der Waals surface area contributed by atoms with Crippen LogP contribution in [0.4, 0.5) is 5.69 Å². The Morgan fingerprint density at radius 3 is 2.03 bits per heavy atom. The summed E-state index contributed by atoms with van der Waals surface area (Å²) in [5.41, 5.74) is 3.21. The van der Waals surface area contributed by atoms with Crippen molar-refractivity contribution < 1.29 is 14.3 Å². The van der Waals surface area contributed by atoms with E-state index in [4.69, 9.17) is 17.0 Å². The first-order chi connectivity index (χ1) is 17.1. The first kappa shape index (κ1) is 22.3. The van der Waals surface area contributed by atoms with Gasteiger partial charge in [0.05, 0.1) is 5.69 Å². The van der Waals surface area contributed by atoms with E-state index in [0.29, 0.717) is 17.2 Å². The van der Waals surface area contributed by atoms with Crippen LogP contribution < -0.4 is 15.0 Å². The average molecular weight is 477 g/mol. The highest BCUT2D eigenvalue weighted by Gasteiger charge is 2.34. The van der Waals surface area contributed by atoms with E-state index < -0.39 is 11.8 Å². The predicted octanol–water partition coefficient (Wildman–Crippen LogP) is 5.98. The molecule has 1 aliphatic heterocycles. The van der Waals surface area contributed by atoms with Gasteiger partial charge in [-0.25, -0.2) is 0 Å². The van der Waals surface area contributed by atoms with Crippen molar-refractivity contribution in [1.82, 2.24) is 5.32 Å². The van der Waals surface area contributed by atoms with Crippen LogP contribution in [-0.2, 0) is 9.59 Å². The Labute approximate surface area is 208 Å². The van der Waals surface area contributed by atoms with Crippen molar-refractivity contribution in [1.29, 1.82) is 0 Å². The van der Waals surface area contributed by atoms with E-state index in [1.165, 1.54) is 4.90 Å². The van der Waals surface area contributed by atoms with Crippen LogP contribution in [-0.4, -0.2) is 16.9 Å². The summed E-state index contributed by atoms with van der Waals surface area (Å²) in [5, 5.41) is 2.67. The molecule has 0 aromatic heterocycles. The minimum atomic E-state index is -0.525. The molecule has 0 saturated carbocycles. The van der Waals surface area contributed by atoms with Crippen LogP contribution in [0.15, 0.2) is 115 Å². The topological polar surface area (TPSA) is 58.6 Å². The molecule has 170 valence electrons. The van der Waals surface area contributed by atoms with Crippen LogP contribution in [0.3, 0.4) is 0 Å². The van der Waals surface area contributed by atoms with Crippen molar-refractivity contribution in [3.8, 4) is 22.6 Å². The Kier molecular flexibility index (Phi) is 6.20. The number of rotatable bonds is 5. The van der Waals surface area contributed by atoms with Gasteiger partial charge in [-0.2, -0.15) is 0 Å². The number of carbonyl (C=O) groups excluding carboxylic acids is 2. The lowest BCUT2D eigenvalue weighted by Gasteiger charge is -2.29. The molecule has 1 saturated heterocycles. The van der Waals surface area contributed by atoms with E-state index in [1.807, 2.05) is 84.9 Å². The van der Waals surface area contributed by atoms with Crippen LogP contribution in [0.1, 0.15) is 5.56 Å². The van der Waals surface area contributed by atoms with Crippen LogP contribution >= 0.6 is 12.2 Å². The lowest BCUT2D eigenvalue weighted by atomic mass is 9.97. The van der Waals surface area contributed by atoms with Gasteiger partial charge < -0.3 is 4.74 Å². The number of nitrogens with zero attached hydrogens (tertiary/aromatic N) is 1. The second-order valence-electron chi connectivity index (χ2n) is 7.82. The molecule has 0 aliphatic carbocycles. The van der Waals surface area contributed by atoms with E-state index in [2.05, 4.69) is 5.32 Å². The van der Waals surface area contributed by atoms with Crippen LogP contribution in [0, 0.1) is 0 Å². The fourth-order valence-electron chi connectivity index (χ4n) is 3.84. The summed E-state index contributed by atoms with van der Waals surface area (Å²) in [5.74, 6) is 0.313. The Morgan fingerprint density at radius 1 is 0.714 bits per heavy atom. The number of benzene rings is 4. The molecule has 4 aromatic carbocycles. The van der Waals surface area contributed by atoms with Gasteiger partial charge >= 0.3 is 0 Å². The molecule has 2 amide bonds. The second kappa shape index (κ2) is 9.75. The zero-order chi connectivity index (χ0) is 24.2. The summed E-state index contributed by atoms with van der Waals surface area (Å²) >= 11 is 5.34. The van der Waals surface area contributed by atoms with E-state index in [1.54, 1.807) is 30.3 Å². The fourth-order valence-corrected chi connectivity index (χ4v) is 4.12. The monoisotopic (exact) mass is 476 g/mol. The molecule has 0 atom stereocenters. The number of nitrogens with one attached hydrogen (secondary N) is 1. The third-order valence-electron chi connectivity index (χ3n) is 5.52. The Hall–Kier alpha value is -4.55. The lowest BCUT2D eigenvalue weighted by Crippen LogP contribution is -2.54. The quantitative estimate of drug-likeness (QED) is 0.219. The minimum absolute atomic E-state index is 0.00610. The number of ether oxygens (including phenoxy) is 1. The number of carbonyl (C=O) groups is 2. The molecule has 0 bridgehead atoms. The summed E-state index contributed by atoms with van der Waals surface area (Å²) in [4.78, 5) is 27.5. The van der Waals surface area contributed by atoms with Crippen LogP contribution in [0.2, 0.25) is 0 Å². The Bertz CT molecular complexity index is 1430. The first-order valence-electron chi connectivity index (χ1n) is 11.0. The van der Waals surface area contributed by atoms with Crippen molar-refractivity contribution >= 4 is 40.9 Å². The second-order valence-corrected chi connectivity index (χ2v) is 8.21. The standard InChI is InChI=1S/C29H20N2O3S/c32-27-26(19-21-11-7-8-14-25(21)20-9-3-1-4-10-20)28(33)31(29(35)30-27)22-15-17-24(18-16-22)34-23-12-5-2-6-13-23/h1-19H,(H,30,32,35)/b26-19+. The zero-order valence-corrected chi connectivity index (χ0v) is 19.4.